The number of hydrogen-bond acceptors (Lipinski definition) is 7. The van der Waals surface area contributed by atoms with Crippen LogP contribution in [0.2, 0.25) is 6.82 Å². The zero-order valence-corrected chi connectivity index (χ0v) is 17.9. The van der Waals surface area contributed by atoms with Crippen molar-refractivity contribution in [1.29, 1.82) is 0 Å². The van der Waals surface area contributed by atoms with Gasteiger partial charge in [0.1, 0.15) is 5.82 Å². The number of fused-ring (bicyclic) bond motifs is 1. The minimum absolute atomic E-state index is 0.145. The van der Waals surface area contributed by atoms with Crippen molar-refractivity contribution in [1.82, 2.24) is 19.3 Å². The molecule has 1 heterocycles. The summed E-state index contributed by atoms with van der Waals surface area (Å²) < 4.78 is 1.51. The first-order chi connectivity index (χ1) is 14.8. The van der Waals surface area contributed by atoms with Crippen LogP contribution in [0.3, 0.4) is 0 Å². The SMILES string of the molecule is CCN(CCN(C)Cc1nc2ccc([N+](=O)[O-])cc2c(=O)n1-c1ccccc1)B(C)O. The van der Waals surface area contributed by atoms with E-state index in [2.05, 4.69) is 4.98 Å². The molecular formula is C21H26BN5O4. The molecule has 0 amide bonds. The van der Waals surface area contributed by atoms with Crippen LogP contribution < -0.4 is 5.56 Å². The van der Waals surface area contributed by atoms with Gasteiger partial charge < -0.3 is 9.83 Å². The van der Waals surface area contributed by atoms with Gasteiger partial charge in [-0.2, -0.15) is 0 Å². The largest absolute Gasteiger partial charge is 0.437 e. The van der Waals surface area contributed by atoms with Gasteiger partial charge in [0.05, 0.1) is 28.1 Å². The molecule has 10 heteroatoms. The molecule has 0 aliphatic heterocycles. The van der Waals surface area contributed by atoms with Crippen molar-refractivity contribution in [3.05, 3.63) is 74.8 Å². The minimum Gasteiger partial charge on any atom is -0.437 e. The van der Waals surface area contributed by atoms with Gasteiger partial charge in [0, 0.05) is 25.2 Å². The van der Waals surface area contributed by atoms with E-state index >= 15 is 0 Å². The summed E-state index contributed by atoms with van der Waals surface area (Å²) in [5, 5.41) is 21.2. The summed E-state index contributed by atoms with van der Waals surface area (Å²) in [6.07, 6.45) is 0. The molecule has 9 nitrogen and oxygen atoms in total. The molecule has 0 saturated heterocycles. The van der Waals surface area contributed by atoms with Gasteiger partial charge >= 0.3 is 7.05 Å². The van der Waals surface area contributed by atoms with Gasteiger partial charge in [-0.3, -0.25) is 24.4 Å². The number of nitro benzene ring substituents is 1. The average molecular weight is 423 g/mol. The number of para-hydroxylation sites is 1. The predicted octanol–water partition coefficient (Wildman–Crippen LogP) is 2.16. The second-order valence-corrected chi connectivity index (χ2v) is 7.46. The fraction of sp³-hybridized carbons (Fsp3) is 0.333. The first kappa shape index (κ1) is 22.6. The highest BCUT2D eigenvalue weighted by molar-refractivity contribution is 6.45. The van der Waals surface area contributed by atoms with Crippen LogP contribution in [-0.4, -0.2) is 62.9 Å². The molecule has 1 N–H and O–H groups in total. The van der Waals surface area contributed by atoms with Crippen LogP contribution in [0, 0.1) is 10.1 Å². The van der Waals surface area contributed by atoms with E-state index in [0.29, 0.717) is 36.7 Å². The maximum atomic E-state index is 13.3. The van der Waals surface area contributed by atoms with Crippen LogP contribution in [-0.2, 0) is 6.54 Å². The molecule has 162 valence electrons. The Morgan fingerprint density at radius 1 is 1.19 bits per heavy atom. The van der Waals surface area contributed by atoms with E-state index in [9.17, 15) is 19.9 Å². The van der Waals surface area contributed by atoms with E-state index in [1.807, 2.05) is 54.0 Å². The maximum Gasteiger partial charge on any atom is 0.376 e. The fourth-order valence-electron chi connectivity index (χ4n) is 3.51. The molecule has 0 saturated carbocycles. The van der Waals surface area contributed by atoms with Crippen molar-refractivity contribution < 1.29 is 9.95 Å². The van der Waals surface area contributed by atoms with Crippen LogP contribution in [0.4, 0.5) is 5.69 Å². The van der Waals surface area contributed by atoms with Gasteiger partial charge in [-0.05, 0) is 38.6 Å². The Hall–Kier alpha value is -3.08. The molecule has 0 atom stereocenters. The Morgan fingerprint density at radius 2 is 1.90 bits per heavy atom. The highest BCUT2D eigenvalue weighted by Crippen LogP contribution is 2.19. The van der Waals surface area contributed by atoms with Gasteiger partial charge in [-0.1, -0.05) is 25.1 Å². The van der Waals surface area contributed by atoms with Crippen molar-refractivity contribution in [2.45, 2.75) is 20.3 Å². The molecule has 3 aromatic rings. The molecule has 3 rings (SSSR count). The number of non-ortho nitro benzene ring substituents is 1. The molecule has 0 fully saturated rings. The molecule has 31 heavy (non-hydrogen) atoms. The monoisotopic (exact) mass is 423 g/mol. The smallest absolute Gasteiger partial charge is 0.376 e. The number of nitro groups is 1. The molecule has 0 radical (unpaired) electrons. The zero-order valence-electron chi connectivity index (χ0n) is 17.9. The topological polar surface area (TPSA) is 105 Å². The molecule has 0 spiro atoms. The molecule has 0 aliphatic rings. The number of likely N-dealkylation sites (N-methyl/N-ethyl adjacent to an activating group) is 2. The van der Waals surface area contributed by atoms with Crippen molar-refractivity contribution in [2.24, 2.45) is 0 Å². The Labute approximate surface area is 180 Å². The predicted molar refractivity (Wildman–Crippen MR) is 121 cm³/mol. The molecule has 0 unspecified atom stereocenters. The Kier molecular flexibility index (Phi) is 7.16. The number of rotatable bonds is 9. The van der Waals surface area contributed by atoms with Gasteiger partial charge in [-0.25, -0.2) is 4.98 Å². The van der Waals surface area contributed by atoms with E-state index in [0.717, 1.165) is 6.54 Å². The van der Waals surface area contributed by atoms with E-state index in [1.165, 1.54) is 22.8 Å². The average Bonchev–Trinajstić information content (AvgIpc) is 2.74. The van der Waals surface area contributed by atoms with E-state index < -0.39 is 12.0 Å². The number of hydrogen-bond donors (Lipinski definition) is 1. The number of benzene rings is 2. The van der Waals surface area contributed by atoms with Gasteiger partial charge in [0.25, 0.3) is 11.2 Å². The third-order valence-corrected chi connectivity index (χ3v) is 5.26. The van der Waals surface area contributed by atoms with Crippen LogP contribution in [0.15, 0.2) is 53.3 Å². The summed E-state index contributed by atoms with van der Waals surface area (Å²) in [7, 11) is 1.40. The Balaban J connectivity index is 2.02. The van der Waals surface area contributed by atoms with E-state index in [4.69, 9.17) is 0 Å². The molecular weight excluding hydrogens is 397 g/mol. The third-order valence-electron chi connectivity index (χ3n) is 5.26. The normalized spacial score (nSPS) is 11.4. The summed E-state index contributed by atoms with van der Waals surface area (Å²) >= 11 is 0. The maximum absolute atomic E-state index is 13.3. The molecule has 1 aromatic heterocycles. The first-order valence-electron chi connectivity index (χ1n) is 10.2. The zero-order chi connectivity index (χ0) is 22.5. The van der Waals surface area contributed by atoms with Crippen molar-refractivity contribution in [3.8, 4) is 5.69 Å². The molecule has 0 aliphatic carbocycles. The van der Waals surface area contributed by atoms with Gasteiger partial charge in [-0.15, -0.1) is 0 Å². The van der Waals surface area contributed by atoms with Crippen molar-refractivity contribution >= 4 is 23.6 Å². The van der Waals surface area contributed by atoms with Crippen LogP contribution >= 0.6 is 0 Å². The Bertz CT molecular complexity index is 1120. The molecule has 0 bridgehead atoms. The lowest BCUT2D eigenvalue weighted by Gasteiger charge is -2.25. The van der Waals surface area contributed by atoms with Crippen LogP contribution in [0.25, 0.3) is 16.6 Å². The van der Waals surface area contributed by atoms with Crippen molar-refractivity contribution in [3.63, 3.8) is 0 Å². The lowest BCUT2D eigenvalue weighted by molar-refractivity contribution is -0.384. The number of aromatic nitrogens is 2. The first-order valence-corrected chi connectivity index (χ1v) is 10.2. The fourth-order valence-corrected chi connectivity index (χ4v) is 3.51. The Morgan fingerprint density at radius 3 is 2.52 bits per heavy atom. The summed E-state index contributed by atoms with van der Waals surface area (Å²) in [6.45, 7) is 6.19. The summed E-state index contributed by atoms with van der Waals surface area (Å²) in [4.78, 5) is 32.6. The third kappa shape index (κ3) is 5.16. The van der Waals surface area contributed by atoms with Gasteiger partial charge in [0.15, 0.2) is 0 Å². The van der Waals surface area contributed by atoms with E-state index in [-0.39, 0.29) is 16.6 Å². The lowest BCUT2D eigenvalue weighted by Crippen LogP contribution is -2.42. The van der Waals surface area contributed by atoms with Gasteiger partial charge in [0.2, 0.25) is 0 Å². The highest BCUT2D eigenvalue weighted by Gasteiger charge is 2.18. The second-order valence-electron chi connectivity index (χ2n) is 7.46. The second kappa shape index (κ2) is 9.82. The summed E-state index contributed by atoms with van der Waals surface area (Å²) in [5.41, 5.74) is 0.581. The standard InChI is InChI=1S/C21H26BN5O4/c1-4-25(22(2)29)13-12-24(3)15-20-23-19-11-10-17(27(30)31)14-18(19)21(28)26(20)16-8-6-5-7-9-16/h5-11,14,29H,4,12-13,15H2,1-3H3. The van der Waals surface area contributed by atoms with Crippen LogP contribution in [0.5, 0.6) is 0 Å². The van der Waals surface area contributed by atoms with Crippen LogP contribution in [0.1, 0.15) is 12.7 Å². The van der Waals surface area contributed by atoms with E-state index in [1.54, 1.807) is 6.82 Å². The summed E-state index contributed by atoms with van der Waals surface area (Å²) in [5.74, 6) is 0.542. The highest BCUT2D eigenvalue weighted by atomic mass is 16.6. The van der Waals surface area contributed by atoms with Crippen molar-refractivity contribution in [2.75, 3.05) is 26.7 Å². The minimum atomic E-state index is -0.532. The summed E-state index contributed by atoms with van der Waals surface area (Å²) in [6, 6.07) is 13.3. The lowest BCUT2D eigenvalue weighted by atomic mass is 9.85. The quantitative estimate of drug-likeness (QED) is 0.320. The molecule has 2 aromatic carbocycles. The number of nitrogens with zero attached hydrogens (tertiary/aromatic N) is 5.